The Labute approximate surface area is 133 Å². The molecule has 1 aromatic carbocycles. The summed E-state index contributed by atoms with van der Waals surface area (Å²) in [5.74, 6) is -0.428. The molecule has 0 saturated carbocycles. The number of hydrogen-bond acceptors (Lipinski definition) is 3. The van der Waals surface area contributed by atoms with E-state index < -0.39 is 17.6 Å². The van der Waals surface area contributed by atoms with Gasteiger partial charge in [-0.25, -0.2) is 4.98 Å². The van der Waals surface area contributed by atoms with Crippen molar-refractivity contribution in [3.8, 4) is 5.69 Å². The van der Waals surface area contributed by atoms with Crippen molar-refractivity contribution >= 4 is 22.4 Å². The predicted molar refractivity (Wildman–Crippen MR) is 80.8 cm³/mol. The minimum absolute atomic E-state index is 0.0340. The molecule has 0 aliphatic rings. The first kappa shape index (κ1) is 15.3. The van der Waals surface area contributed by atoms with E-state index in [0.717, 1.165) is 6.07 Å². The molecule has 0 atom stereocenters. The second-order valence-corrected chi connectivity index (χ2v) is 5.51. The normalized spacial score (nSPS) is 11.4. The summed E-state index contributed by atoms with van der Waals surface area (Å²) in [6, 6.07) is 6.65. The quantitative estimate of drug-likeness (QED) is 0.778. The first-order chi connectivity index (χ1) is 10.9. The minimum Gasteiger partial charge on any atom is -0.322 e. The van der Waals surface area contributed by atoms with E-state index in [1.807, 2.05) is 0 Å². The average molecular weight is 337 g/mol. The molecule has 4 nitrogen and oxygen atoms in total. The number of carbonyl (C=O) groups is 1. The summed E-state index contributed by atoms with van der Waals surface area (Å²) < 4.78 is 40.4. The number of hydrogen-bond donors (Lipinski definition) is 1. The molecule has 3 aromatic rings. The molecular weight excluding hydrogens is 327 g/mol. The number of rotatable bonds is 3. The standard InChI is InChI=1S/C15H10F3N3OS/c16-15(17,18)11-3-1-2-4-12(11)21-7-5-10(9-21)13(22)20-14-19-6-8-23-14/h1-9H,(H,19,20,22). The van der Waals surface area contributed by atoms with Gasteiger partial charge in [-0.2, -0.15) is 13.2 Å². The molecule has 23 heavy (non-hydrogen) atoms. The number of carbonyl (C=O) groups excluding carboxylic acids is 1. The third-order valence-electron chi connectivity index (χ3n) is 3.10. The zero-order valence-corrected chi connectivity index (χ0v) is 12.4. The Bertz CT molecular complexity index is 825. The Kier molecular flexibility index (Phi) is 3.91. The van der Waals surface area contributed by atoms with Crippen molar-refractivity contribution in [1.29, 1.82) is 0 Å². The summed E-state index contributed by atoms with van der Waals surface area (Å²) in [5, 5.41) is 4.72. The van der Waals surface area contributed by atoms with E-state index in [9.17, 15) is 18.0 Å². The van der Waals surface area contributed by atoms with E-state index in [0.29, 0.717) is 5.13 Å². The van der Waals surface area contributed by atoms with E-state index in [1.165, 1.54) is 52.6 Å². The van der Waals surface area contributed by atoms with Gasteiger partial charge in [0.05, 0.1) is 16.8 Å². The zero-order chi connectivity index (χ0) is 16.4. The van der Waals surface area contributed by atoms with Crippen LogP contribution in [-0.2, 0) is 6.18 Å². The topological polar surface area (TPSA) is 46.9 Å². The van der Waals surface area contributed by atoms with Gasteiger partial charge in [0.25, 0.3) is 5.91 Å². The molecule has 0 saturated heterocycles. The summed E-state index contributed by atoms with van der Waals surface area (Å²) in [5.41, 5.74) is -0.548. The molecule has 0 unspecified atom stereocenters. The van der Waals surface area contributed by atoms with Crippen LogP contribution in [0.5, 0.6) is 0 Å². The van der Waals surface area contributed by atoms with Gasteiger partial charge >= 0.3 is 6.18 Å². The Balaban J connectivity index is 1.89. The summed E-state index contributed by atoms with van der Waals surface area (Å²) >= 11 is 1.26. The molecule has 8 heteroatoms. The van der Waals surface area contributed by atoms with Crippen LogP contribution in [0.4, 0.5) is 18.3 Å². The van der Waals surface area contributed by atoms with Crippen LogP contribution in [0, 0.1) is 0 Å². The fourth-order valence-electron chi connectivity index (χ4n) is 2.07. The predicted octanol–water partition coefficient (Wildman–Crippen LogP) is 4.20. The van der Waals surface area contributed by atoms with E-state index in [4.69, 9.17) is 0 Å². The smallest absolute Gasteiger partial charge is 0.322 e. The number of nitrogens with one attached hydrogen (secondary N) is 1. The van der Waals surface area contributed by atoms with Crippen LogP contribution in [0.15, 0.2) is 54.3 Å². The maximum atomic E-state index is 13.1. The summed E-state index contributed by atoms with van der Waals surface area (Å²) in [6.45, 7) is 0. The lowest BCUT2D eigenvalue weighted by Gasteiger charge is -2.13. The number of alkyl halides is 3. The van der Waals surface area contributed by atoms with Gasteiger partial charge in [0.2, 0.25) is 0 Å². The fraction of sp³-hybridized carbons (Fsp3) is 0.0667. The summed E-state index contributed by atoms with van der Waals surface area (Å²) in [7, 11) is 0. The molecule has 2 heterocycles. The Morgan fingerprint density at radius 2 is 2.00 bits per heavy atom. The number of amides is 1. The molecule has 0 spiro atoms. The maximum Gasteiger partial charge on any atom is 0.418 e. The van der Waals surface area contributed by atoms with Crippen LogP contribution >= 0.6 is 11.3 Å². The van der Waals surface area contributed by atoms with Crippen molar-refractivity contribution < 1.29 is 18.0 Å². The number of aromatic nitrogens is 2. The molecule has 0 radical (unpaired) electrons. The number of nitrogens with zero attached hydrogens (tertiary/aromatic N) is 2. The van der Waals surface area contributed by atoms with Crippen LogP contribution in [0.3, 0.4) is 0 Å². The molecule has 0 bridgehead atoms. The van der Waals surface area contributed by atoms with E-state index in [-0.39, 0.29) is 11.3 Å². The molecule has 0 fully saturated rings. The highest BCUT2D eigenvalue weighted by molar-refractivity contribution is 7.13. The summed E-state index contributed by atoms with van der Waals surface area (Å²) in [6.07, 6.45) is -0.149. The van der Waals surface area contributed by atoms with Crippen LogP contribution in [-0.4, -0.2) is 15.5 Å². The van der Waals surface area contributed by atoms with E-state index in [1.54, 1.807) is 11.6 Å². The number of anilines is 1. The number of benzene rings is 1. The van der Waals surface area contributed by atoms with Crippen LogP contribution in [0.2, 0.25) is 0 Å². The van der Waals surface area contributed by atoms with Gasteiger partial charge in [-0.3, -0.25) is 10.1 Å². The molecule has 0 aliphatic heterocycles. The van der Waals surface area contributed by atoms with Crippen molar-refractivity contribution in [3.05, 3.63) is 65.4 Å². The van der Waals surface area contributed by atoms with Crippen LogP contribution in [0.1, 0.15) is 15.9 Å². The third-order valence-corrected chi connectivity index (χ3v) is 3.78. The molecule has 1 N–H and O–H groups in total. The zero-order valence-electron chi connectivity index (χ0n) is 11.5. The minimum atomic E-state index is -4.47. The van der Waals surface area contributed by atoms with Crippen LogP contribution in [0.25, 0.3) is 5.69 Å². The third kappa shape index (κ3) is 3.26. The highest BCUT2D eigenvalue weighted by atomic mass is 32.1. The Hall–Kier alpha value is -2.61. The lowest BCUT2D eigenvalue weighted by atomic mass is 10.1. The Morgan fingerprint density at radius 1 is 1.22 bits per heavy atom. The highest BCUT2D eigenvalue weighted by Gasteiger charge is 2.33. The number of halogens is 3. The molecular formula is C15H10F3N3OS. The van der Waals surface area contributed by atoms with Gasteiger partial charge in [0.1, 0.15) is 0 Å². The number of thiazole rings is 1. The molecule has 0 aliphatic carbocycles. The maximum absolute atomic E-state index is 13.1. The molecule has 1 amide bonds. The highest BCUT2D eigenvalue weighted by Crippen LogP contribution is 2.33. The first-order valence-electron chi connectivity index (χ1n) is 6.50. The van der Waals surface area contributed by atoms with E-state index >= 15 is 0 Å². The number of para-hydroxylation sites is 1. The van der Waals surface area contributed by atoms with Crippen molar-refractivity contribution in [2.75, 3.05) is 5.32 Å². The van der Waals surface area contributed by atoms with Crippen molar-refractivity contribution in [1.82, 2.24) is 9.55 Å². The average Bonchev–Trinajstić information content (AvgIpc) is 3.17. The molecule has 2 aromatic heterocycles. The molecule has 118 valence electrons. The second-order valence-electron chi connectivity index (χ2n) is 4.61. The van der Waals surface area contributed by atoms with Crippen molar-refractivity contribution in [3.63, 3.8) is 0 Å². The first-order valence-corrected chi connectivity index (χ1v) is 7.38. The second kappa shape index (κ2) is 5.88. The van der Waals surface area contributed by atoms with Gasteiger partial charge in [-0.15, -0.1) is 11.3 Å². The van der Waals surface area contributed by atoms with Gasteiger partial charge < -0.3 is 4.57 Å². The largest absolute Gasteiger partial charge is 0.418 e. The monoisotopic (exact) mass is 337 g/mol. The van der Waals surface area contributed by atoms with Crippen molar-refractivity contribution in [2.24, 2.45) is 0 Å². The fourth-order valence-corrected chi connectivity index (χ4v) is 2.60. The van der Waals surface area contributed by atoms with E-state index in [2.05, 4.69) is 10.3 Å². The van der Waals surface area contributed by atoms with Crippen molar-refractivity contribution in [2.45, 2.75) is 6.18 Å². The van der Waals surface area contributed by atoms with Gasteiger partial charge in [0, 0.05) is 24.0 Å². The Morgan fingerprint density at radius 3 is 2.70 bits per heavy atom. The van der Waals surface area contributed by atoms with Gasteiger partial charge in [0.15, 0.2) is 5.13 Å². The lowest BCUT2D eigenvalue weighted by Crippen LogP contribution is -2.11. The summed E-state index contributed by atoms with van der Waals surface area (Å²) in [4.78, 5) is 16.0. The van der Waals surface area contributed by atoms with Gasteiger partial charge in [-0.05, 0) is 18.2 Å². The van der Waals surface area contributed by atoms with Crippen LogP contribution < -0.4 is 5.32 Å². The SMILES string of the molecule is O=C(Nc1nccs1)c1ccn(-c2ccccc2C(F)(F)F)c1. The molecule has 3 rings (SSSR count). The van der Waals surface area contributed by atoms with Gasteiger partial charge in [-0.1, -0.05) is 12.1 Å². The lowest BCUT2D eigenvalue weighted by molar-refractivity contribution is -0.137.